The van der Waals surface area contributed by atoms with Crippen molar-refractivity contribution in [3.63, 3.8) is 0 Å². The van der Waals surface area contributed by atoms with Crippen molar-refractivity contribution in [2.45, 2.75) is 6.36 Å². The quantitative estimate of drug-likeness (QED) is 0.769. The van der Waals surface area contributed by atoms with E-state index in [9.17, 15) is 13.2 Å². The average Bonchev–Trinajstić information content (AvgIpc) is 2.15. The van der Waals surface area contributed by atoms with Gasteiger partial charge >= 0.3 is 13.5 Å². The molecule has 0 fully saturated rings. The Morgan fingerprint density at radius 1 is 1.20 bits per heavy atom. The van der Waals surface area contributed by atoms with Gasteiger partial charge in [-0.3, -0.25) is 0 Å². The van der Waals surface area contributed by atoms with Crippen molar-refractivity contribution in [2.75, 3.05) is 7.11 Å². The molecule has 0 amide bonds. The van der Waals surface area contributed by atoms with Crippen LogP contribution < -0.4 is 10.2 Å². The molecule has 0 bridgehead atoms. The van der Waals surface area contributed by atoms with Crippen LogP contribution in [-0.4, -0.2) is 25.6 Å². The van der Waals surface area contributed by atoms with E-state index in [1.165, 1.54) is 19.2 Å². The van der Waals surface area contributed by atoms with Gasteiger partial charge in [-0.15, -0.1) is 13.2 Å². The van der Waals surface area contributed by atoms with Crippen LogP contribution in [0.2, 0.25) is 0 Å². The summed E-state index contributed by atoms with van der Waals surface area (Å²) in [6.07, 6.45) is -4.71. The molecule has 0 aliphatic carbocycles. The van der Waals surface area contributed by atoms with E-state index < -0.39 is 13.5 Å². The summed E-state index contributed by atoms with van der Waals surface area (Å²) in [5.41, 5.74) is 0.354. The Kier molecular flexibility index (Phi) is 3.59. The van der Waals surface area contributed by atoms with Crippen LogP contribution in [-0.2, 0) is 4.65 Å². The van der Waals surface area contributed by atoms with Crippen molar-refractivity contribution >= 4 is 12.6 Å². The molecular weight excluding hydrogens is 212 g/mol. The molecule has 15 heavy (non-hydrogen) atoms. The Bertz CT molecular complexity index is 312. The lowest BCUT2D eigenvalue weighted by Crippen LogP contribution is -2.32. The van der Waals surface area contributed by atoms with E-state index in [0.29, 0.717) is 5.46 Å². The molecule has 3 nitrogen and oxygen atoms in total. The summed E-state index contributed by atoms with van der Waals surface area (Å²) in [5, 5.41) is 9.17. The van der Waals surface area contributed by atoms with Crippen LogP contribution >= 0.6 is 0 Å². The lowest BCUT2D eigenvalue weighted by Gasteiger charge is -2.09. The maximum atomic E-state index is 11.8. The van der Waals surface area contributed by atoms with Gasteiger partial charge in [0, 0.05) is 7.11 Å². The first-order valence-electron chi connectivity index (χ1n) is 3.99. The smallest absolute Gasteiger partial charge is 0.423 e. The minimum absolute atomic E-state index is 0.338. The monoisotopic (exact) mass is 220 g/mol. The molecule has 0 radical (unpaired) electrons. The molecule has 1 aromatic rings. The maximum absolute atomic E-state index is 11.8. The Labute approximate surface area is 84.6 Å². The molecule has 0 saturated heterocycles. The first kappa shape index (κ1) is 11.9. The van der Waals surface area contributed by atoms with Crippen LogP contribution in [0, 0.1) is 0 Å². The van der Waals surface area contributed by atoms with Gasteiger partial charge in [-0.25, -0.2) is 0 Å². The van der Waals surface area contributed by atoms with E-state index in [2.05, 4.69) is 9.39 Å². The normalized spacial score (nSPS) is 11.3. The van der Waals surface area contributed by atoms with Gasteiger partial charge in [0.2, 0.25) is 0 Å². The molecule has 1 N–H and O–H groups in total. The van der Waals surface area contributed by atoms with Gasteiger partial charge in [-0.2, -0.15) is 0 Å². The van der Waals surface area contributed by atoms with E-state index in [4.69, 9.17) is 5.02 Å². The number of alkyl halides is 3. The summed E-state index contributed by atoms with van der Waals surface area (Å²) in [7, 11) is 0.134. The molecule has 1 aromatic carbocycles. The number of hydrogen-bond donors (Lipinski definition) is 1. The second kappa shape index (κ2) is 4.54. The third-order valence-electron chi connectivity index (χ3n) is 1.62. The van der Waals surface area contributed by atoms with Gasteiger partial charge in [0.25, 0.3) is 0 Å². The molecule has 0 unspecified atom stereocenters. The molecule has 0 aliphatic heterocycles. The van der Waals surface area contributed by atoms with Crippen LogP contribution in [0.5, 0.6) is 5.75 Å². The van der Waals surface area contributed by atoms with Crippen molar-refractivity contribution in [3.8, 4) is 5.75 Å². The predicted octanol–water partition coefficient (Wildman–Crippen LogP) is 0.919. The molecule has 0 aromatic heterocycles. The molecule has 82 valence electrons. The highest BCUT2D eigenvalue weighted by Crippen LogP contribution is 2.21. The highest BCUT2D eigenvalue weighted by molar-refractivity contribution is 6.59. The molecule has 7 heteroatoms. The summed E-state index contributed by atoms with van der Waals surface area (Å²) in [6, 6.07) is 4.78. The number of benzene rings is 1. The topological polar surface area (TPSA) is 38.7 Å². The van der Waals surface area contributed by atoms with Gasteiger partial charge in [0.05, 0.1) is 0 Å². The highest BCUT2D eigenvalue weighted by atomic mass is 19.4. The minimum atomic E-state index is -4.71. The molecule has 0 atom stereocenters. The second-order valence-electron chi connectivity index (χ2n) is 2.70. The summed E-state index contributed by atoms with van der Waals surface area (Å²) in [4.78, 5) is 0. The van der Waals surface area contributed by atoms with E-state index in [0.717, 1.165) is 12.1 Å². The van der Waals surface area contributed by atoms with Gasteiger partial charge in [0.1, 0.15) is 5.75 Å². The fraction of sp³-hybridized carbons (Fsp3) is 0.250. The Hall–Kier alpha value is -1.21. The van der Waals surface area contributed by atoms with Crippen molar-refractivity contribution < 1.29 is 27.6 Å². The average molecular weight is 220 g/mol. The molecule has 0 aliphatic rings. The van der Waals surface area contributed by atoms with Gasteiger partial charge in [0.15, 0.2) is 0 Å². The molecule has 0 saturated carbocycles. The van der Waals surface area contributed by atoms with Crippen molar-refractivity contribution in [2.24, 2.45) is 0 Å². The Balaban J connectivity index is 2.72. The Morgan fingerprint density at radius 3 is 2.13 bits per heavy atom. The van der Waals surface area contributed by atoms with E-state index in [-0.39, 0.29) is 5.75 Å². The van der Waals surface area contributed by atoms with E-state index >= 15 is 0 Å². The third-order valence-corrected chi connectivity index (χ3v) is 1.62. The number of halogens is 3. The standard InChI is InChI=1S/C8H8BF3O3/c1-14-9(13)6-2-4-7(5-3-6)15-8(10,11)12/h2-5,13H,1H3. The van der Waals surface area contributed by atoms with E-state index in [1.807, 2.05) is 0 Å². The maximum Gasteiger partial charge on any atom is 0.573 e. The van der Waals surface area contributed by atoms with Gasteiger partial charge in [-0.1, -0.05) is 12.1 Å². The summed E-state index contributed by atoms with van der Waals surface area (Å²) in [5.74, 6) is -0.338. The SMILES string of the molecule is COB(O)c1ccc(OC(F)(F)F)cc1. The lowest BCUT2D eigenvalue weighted by atomic mass is 9.80. The van der Waals surface area contributed by atoms with Crippen molar-refractivity contribution in [1.29, 1.82) is 0 Å². The zero-order valence-corrected chi connectivity index (χ0v) is 7.78. The molecule has 0 heterocycles. The number of ether oxygens (including phenoxy) is 1. The van der Waals surface area contributed by atoms with Gasteiger partial charge < -0.3 is 14.4 Å². The van der Waals surface area contributed by atoms with E-state index in [1.54, 1.807) is 0 Å². The summed E-state index contributed by atoms with van der Waals surface area (Å²) < 4.78 is 43.5. The second-order valence-corrected chi connectivity index (χ2v) is 2.70. The lowest BCUT2D eigenvalue weighted by molar-refractivity contribution is -0.274. The predicted molar refractivity (Wildman–Crippen MR) is 47.7 cm³/mol. The van der Waals surface area contributed by atoms with Crippen LogP contribution in [0.15, 0.2) is 24.3 Å². The highest BCUT2D eigenvalue weighted by Gasteiger charge is 2.31. The molecular formula is C8H8BF3O3. The van der Waals surface area contributed by atoms with Crippen molar-refractivity contribution in [3.05, 3.63) is 24.3 Å². The minimum Gasteiger partial charge on any atom is -0.423 e. The van der Waals surface area contributed by atoms with Crippen LogP contribution in [0.3, 0.4) is 0 Å². The van der Waals surface area contributed by atoms with Crippen LogP contribution in [0.1, 0.15) is 0 Å². The number of hydrogen-bond acceptors (Lipinski definition) is 3. The fourth-order valence-corrected chi connectivity index (χ4v) is 0.970. The zero-order valence-electron chi connectivity index (χ0n) is 7.78. The zero-order chi connectivity index (χ0) is 11.5. The summed E-state index contributed by atoms with van der Waals surface area (Å²) >= 11 is 0. The molecule has 0 spiro atoms. The third kappa shape index (κ3) is 3.81. The summed E-state index contributed by atoms with van der Waals surface area (Å²) in [6.45, 7) is 0. The first-order chi connectivity index (χ1) is 6.92. The largest absolute Gasteiger partial charge is 0.573 e. The van der Waals surface area contributed by atoms with Crippen LogP contribution in [0.25, 0.3) is 0 Å². The van der Waals surface area contributed by atoms with Crippen molar-refractivity contribution in [1.82, 2.24) is 0 Å². The number of rotatable bonds is 3. The Morgan fingerprint density at radius 2 is 1.73 bits per heavy atom. The molecule has 1 rings (SSSR count). The van der Waals surface area contributed by atoms with Gasteiger partial charge in [-0.05, 0) is 17.6 Å². The van der Waals surface area contributed by atoms with Crippen LogP contribution in [0.4, 0.5) is 13.2 Å². The first-order valence-corrected chi connectivity index (χ1v) is 3.99. The fourth-order valence-electron chi connectivity index (χ4n) is 0.970.